The number of phosphoric ester groups is 2. The minimum Gasteiger partial charge on any atom is -0.388 e. The molecule has 0 aromatic rings. The number of rotatable bonds is 11. The Morgan fingerprint density at radius 2 is 1.27 bits per heavy atom. The van der Waals surface area contributed by atoms with Crippen LogP contribution in [0, 0.1) is 0 Å². The fraction of sp³-hybridized carbons (Fsp3) is 1.00. The molecular weight excluding hydrogens is 354 g/mol. The zero-order chi connectivity index (χ0) is 17.6. The summed E-state index contributed by atoms with van der Waals surface area (Å²) in [6.45, 7) is -3.00. The Hall–Kier alpha value is 0.0200. The van der Waals surface area contributed by atoms with Gasteiger partial charge < -0.3 is 44.7 Å². The van der Waals surface area contributed by atoms with Gasteiger partial charge in [-0.15, -0.1) is 0 Å². The lowest BCUT2D eigenvalue weighted by Crippen LogP contribution is -2.48. The second-order valence-corrected chi connectivity index (χ2v) is 6.43. The molecule has 0 spiro atoms. The molecule has 0 saturated carbocycles. The van der Waals surface area contributed by atoms with Crippen LogP contribution in [0.25, 0.3) is 0 Å². The molecule has 134 valence electrons. The van der Waals surface area contributed by atoms with Crippen molar-refractivity contribution in [3.05, 3.63) is 0 Å². The molecule has 8 N–H and O–H groups in total. The lowest BCUT2D eigenvalue weighted by atomic mass is 10.0. The number of hydrogen-bond acceptors (Lipinski definition) is 9. The lowest BCUT2D eigenvalue weighted by Gasteiger charge is -2.28. The Bertz CT molecular complexity index is 403. The summed E-state index contributed by atoms with van der Waals surface area (Å²) in [6.07, 6.45) is -7.72. The van der Waals surface area contributed by atoms with Gasteiger partial charge in [-0.3, -0.25) is 9.05 Å². The summed E-state index contributed by atoms with van der Waals surface area (Å²) in [7, 11) is -9.83. The Morgan fingerprint density at radius 1 is 0.818 bits per heavy atom. The average Bonchev–Trinajstić information content (AvgIpc) is 2.37. The molecule has 15 heteroatoms. The first-order valence-corrected chi connectivity index (χ1v) is 8.60. The van der Waals surface area contributed by atoms with E-state index in [2.05, 4.69) is 13.8 Å². The molecule has 22 heavy (non-hydrogen) atoms. The standard InChI is InChI=1S/C7H18O13P2/c8-3-18-5(2-20-22(15,16)17)7(11)6(10)4(9)1-19-21(12,13)14/h4-11H,1-3H2,(H2,12,13,14)(H2,15,16,17)/t4-,5-,6-,7-/m1/s1. The summed E-state index contributed by atoms with van der Waals surface area (Å²) in [5.41, 5.74) is 0. The topological polar surface area (TPSA) is 224 Å². The first-order valence-electron chi connectivity index (χ1n) is 5.54. The van der Waals surface area contributed by atoms with Crippen molar-refractivity contribution in [2.24, 2.45) is 0 Å². The smallest absolute Gasteiger partial charge is 0.388 e. The second-order valence-electron chi connectivity index (χ2n) is 3.96. The van der Waals surface area contributed by atoms with Crippen LogP contribution >= 0.6 is 15.6 Å². The fourth-order valence-electron chi connectivity index (χ4n) is 1.23. The Balaban J connectivity index is 4.65. The van der Waals surface area contributed by atoms with Crippen LogP contribution in [0.1, 0.15) is 0 Å². The van der Waals surface area contributed by atoms with Gasteiger partial charge in [-0.05, 0) is 0 Å². The van der Waals surface area contributed by atoms with Crippen LogP contribution in [0.15, 0.2) is 0 Å². The van der Waals surface area contributed by atoms with E-state index in [-0.39, 0.29) is 0 Å². The minimum absolute atomic E-state index is 0.949. The van der Waals surface area contributed by atoms with E-state index in [9.17, 15) is 24.4 Å². The molecule has 0 radical (unpaired) electrons. The summed E-state index contributed by atoms with van der Waals surface area (Å²) < 4.78 is 33.4. The molecule has 0 amide bonds. The van der Waals surface area contributed by atoms with Gasteiger partial charge in [0.25, 0.3) is 0 Å². The van der Waals surface area contributed by atoms with Gasteiger partial charge in [0.15, 0.2) is 0 Å². The van der Waals surface area contributed by atoms with Gasteiger partial charge in [0.1, 0.15) is 31.2 Å². The predicted octanol–water partition coefficient (Wildman–Crippen LogP) is -3.38. The van der Waals surface area contributed by atoms with Gasteiger partial charge in [-0.1, -0.05) is 0 Å². The zero-order valence-corrected chi connectivity index (χ0v) is 12.7. The third-order valence-corrected chi connectivity index (χ3v) is 3.20. The van der Waals surface area contributed by atoms with Crippen LogP contribution in [0.3, 0.4) is 0 Å². The number of hydrogen-bond donors (Lipinski definition) is 8. The van der Waals surface area contributed by atoms with Crippen molar-refractivity contribution >= 4 is 15.6 Å². The molecule has 13 nitrogen and oxygen atoms in total. The SMILES string of the molecule is O=P(O)(O)OC[C@@H](O)[C@@H](O)[C@H](O)[C@@H](COP(=O)(O)O)OCO. The van der Waals surface area contributed by atoms with E-state index in [4.69, 9.17) is 24.7 Å². The molecule has 0 rings (SSSR count). The molecule has 4 atom stereocenters. The van der Waals surface area contributed by atoms with Crippen molar-refractivity contribution < 1.29 is 62.9 Å². The maximum atomic E-state index is 10.5. The van der Waals surface area contributed by atoms with Crippen LogP contribution in [-0.2, 0) is 22.9 Å². The first kappa shape index (κ1) is 22.0. The third kappa shape index (κ3) is 9.92. The summed E-state index contributed by atoms with van der Waals surface area (Å²) in [4.78, 5) is 33.9. The molecule has 0 aliphatic rings. The monoisotopic (exact) mass is 372 g/mol. The molecule has 0 unspecified atom stereocenters. The van der Waals surface area contributed by atoms with E-state index < -0.39 is 60.1 Å². The van der Waals surface area contributed by atoms with Crippen molar-refractivity contribution in [1.82, 2.24) is 0 Å². The fourth-order valence-corrected chi connectivity index (χ4v) is 1.92. The maximum absolute atomic E-state index is 10.5. The summed E-state index contributed by atoms with van der Waals surface area (Å²) in [5.74, 6) is 0. The Kier molecular flexibility index (Phi) is 9.36. The Labute approximate surface area is 124 Å². The van der Waals surface area contributed by atoms with Gasteiger partial charge in [-0.2, -0.15) is 0 Å². The lowest BCUT2D eigenvalue weighted by molar-refractivity contribution is -0.162. The van der Waals surface area contributed by atoms with Gasteiger partial charge in [0.2, 0.25) is 0 Å². The minimum atomic E-state index is -4.92. The normalized spacial score (nSPS) is 18.7. The summed E-state index contributed by atoms with van der Waals surface area (Å²) in [5, 5.41) is 37.2. The number of aliphatic hydroxyl groups excluding tert-OH is 4. The van der Waals surface area contributed by atoms with E-state index in [1.165, 1.54) is 0 Å². The van der Waals surface area contributed by atoms with Crippen molar-refractivity contribution in [2.45, 2.75) is 24.4 Å². The summed E-state index contributed by atoms with van der Waals surface area (Å²) >= 11 is 0. The van der Waals surface area contributed by atoms with Gasteiger partial charge in [0.05, 0.1) is 13.2 Å². The van der Waals surface area contributed by atoms with E-state index in [0.29, 0.717) is 0 Å². The third-order valence-electron chi connectivity index (χ3n) is 2.23. The van der Waals surface area contributed by atoms with Crippen LogP contribution < -0.4 is 0 Å². The van der Waals surface area contributed by atoms with Gasteiger partial charge in [0, 0.05) is 0 Å². The highest BCUT2D eigenvalue weighted by molar-refractivity contribution is 7.46. The highest BCUT2D eigenvalue weighted by atomic mass is 31.2. The molecule has 0 saturated heterocycles. The van der Waals surface area contributed by atoms with Crippen LogP contribution in [0.2, 0.25) is 0 Å². The van der Waals surface area contributed by atoms with Crippen LogP contribution in [-0.4, -0.2) is 84.4 Å². The molecule has 0 bridgehead atoms. The molecule has 0 aromatic heterocycles. The zero-order valence-electron chi connectivity index (χ0n) is 10.9. The molecule has 0 heterocycles. The molecular formula is C7H18O13P2. The molecule has 0 fully saturated rings. The van der Waals surface area contributed by atoms with Crippen LogP contribution in [0.4, 0.5) is 0 Å². The maximum Gasteiger partial charge on any atom is 0.469 e. The Morgan fingerprint density at radius 3 is 1.68 bits per heavy atom. The van der Waals surface area contributed by atoms with Crippen molar-refractivity contribution in [1.29, 1.82) is 0 Å². The van der Waals surface area contributed by atoms with Crippen molar-refractivity contribution in [2.75, 3.05) is 20.0 Å². The highest BCUT2D eigenvalue weighted by Crippen LogP contribution is 2.37. The number of phosphoric acid groups is 2. The first-order chi connectivity index (χ1) is 9.87. The highest BCUT2D eigenvalue weighted by Gasteiger charge is 2.34. The molecule has 0 aliphatic heterocycles. The largest absolute Gasteiger partial charge is 0.469 e. The molecule has 0 aliphatic carbocycles. The number of aliphatic hydroxyl groups is 4. The van der Waals surface area contributed by atoms with E-state index in [1.54, 1.807) is 0 Å². The van der Waals surface area contributed by atoms with E-state index in [1.807, 2.05) is 0 Å². The quantitative estimate of drug-likeness (QED) is 0.131. The second kappa shape index (κ2) is 9.35. The number of ether oxygens (including phenoxy) is 1. The van der Waals surface area contributed by atoms with E-state index in [0.717, 1.165) is 0 Å². The summed E-state index contributed by atoms with van der Waals surface area (Å²) in [6, 6.07) is 0. The van der Waals surface area contributed by atoms with E-state index >= 15 is 0 Å². The van der Waals surface area contributed by atoms with Gasteiger partial charge in [-0.25, -0.2) is 9.13 Å². The average molecular weight is 372 g/mol. The van der Waals surface area contributed by atoms with Gasteiger partial charge >= 0.3 is 15.6 Å². The predicted molar refractivity (Wildman–Crippen MR) is 66.0 cm³/mol. The van der Waals surface area contributed by atoms with Crippen molar-refractivity contribution in [3.8, 4) is 0 Å². The van der Waals surface area contributed by atoms with Crippen LogP contribution in [0.5, 0.6) is 0 Å². The molecule has 0 aromatic carbocycles. The van der Waals surface area contributed by atoms with Crippen molar-refractivity contribution in [3.63, 3.8) is 0 Å².